The number of carboxylic acid groups (broad SMARTS) is 1. The van der Waals surface area contributed by atoms with E-state index in [9.17, 15) is 14.7 Å². The van der Waals surface area contributed by atoms with E-state index in [-0.39, 0.29) is 5.01 Å². The largest absolute Gasteiger partial charge is 0.542 e. The van der Waals surface area contributed by atoms with E-state index in [1.54, 1.807) is 17.5 Å². The Hall–Kier alpha value is -1.49. The maximum Gasteiger partial charge on any atom is 0.139 e. The number of carbonyl (C=O) groups excluding carboxylic acids is 2. The summed E-state index contributed by atoms with van der Waals surface area (Å²) in [7, 11) is 0. The molecule has 4 nitrogen and oxygen atoms in total. The summed E-state index contributed by atoms with van der Waals surface area (Å²) in [6.45, 7) is 0. The van der Waals surface area contributed by atoms with Crippen LogP contribution in [0.3, 0.4) is 0 Å². The number of hydrogen-bond acceptors (Lipinski definition) is 5. The Morgan fingerprint density at radius 1 is 1.69 bits per heavy atom. The maximum absolute atomic E-state index is 10.3. The molecule has 0 aliphatic carbocycles. The van der Waals surface area contributed by atoms with Gasteiger partial charge in [-0.1, -0.05) is 6.08 Å². The number of rotatable bonds is 4. The molecule has 0 atom stereocenters. The van der Waals surface area contributed by atoms with Gasteiger partial charge in [-0.2, -0.15) is 0 Å². The summed E-state index contributed by atoms with van der Waals surface area (Å²) in [4.78, 5) is 24.0. The molecule has 0 spiro atoms. The lowest BCUT2D eigenvalue weighted by atomic mass is 10.3. The Labute approximate surface area is 78.5 Å². The Kier molecular flexibility index (Phi) is 3.33. The van der Waals surface area contributed by atoms with Crippen molar-refractivity contribution in [1.82, 2.24) is 4.98 Å². The molecule has 0 aliphatic rings. The van der Waals surface area contributed by atoms with Crippen LogP contribution in [-0.4, -0.2) is 17.2 Å². The molecule has 1 rings (SSSR count). The first-order valence-electron chi connectivity index (χ1n) is 3.51. The van der Waals surface area contributed by atoms with Crippen LogP contribution in [0.5, 0.6) is 0 Å². The van der Waals surface area contributed by atoms with Gasteiger partial charge in [-0.25, -0.2) is 4.98 Å². The SMILES string of the molecule is O=CCC=Cc1csc(C(=O)[O-])n1. The van der Waals surface area contributed by atoms with Gasteiger partial charge in [-0.05, 0) is 6.08 Å². The van der Waals surface area contributed by atoms with Crippen molar-refractivity contribution < 1.29 is 14.7 Å². The molecule has 0 aliphatic heterocycles. The second kappa shape index (κ2) is 4.51. The Morgan fingerprint density at radius 3 is 3.00 bits per heavy atom. The lowest BCUT2D eigenvalue weighted by Crippen LogP contribution is -2.21. The minimum Gasteiger partial charge on any atom is -0.542 e. The zero-order valence-electron chi connectivity index (χ0n) is 6.60. The fourth-order valence-corrected chi connectivity index (χ4v) is 1.32. The summed E-state index contributed by atoms with van der Waals surface area (Å²) in [5, 5.41) is 11.8. The highest BCUT2D eigenvalue weighted by molar-refractivity contribution is 7.11. The van der Waals surface area contributed by atoms with Gasteiger partial charge in [-0.15, -0.1) is 11.3 Å². The van der Waals surface area contributed by atoms with Crippen molar-refractivity contribution in [2.45, 2.75) is 6.42 Å². The van der Waals surface area contributed by atoms with Crippen LogP contribution >= 0.6 is 11.3 Å². The number of carboxylic acids is 1. The van der Waals surface area contributed by atoms with E-state index in [4.69, 9.17) is 0 Å². The zero-order valence-corrected chi connectivity index (χ0v) is 7.41. The predicted octanol–water partition coefficient (Wildman–Crippen LogP) is 0.109. The summed E-state index contributed by atoms with van der Waals surface area (Å²) in [6.07, 6.45) is 4.26. The number of carbonyl (C=O) groups is 2. The van der Waals surface area contributed by atoms with Crippen LogP contribution in [0.4, 0.5) is 0 Å². The number of aromatic carboxylic acids is 1. The molecular formula is C8H6NO3S-. The first kappa shape index (κ1) is 9.60. The molecule has 0 N–H and O–H groups in total. The summed E-state index contributed by atoms with van der Waals surface area (Å²) >= 11 is 1.00. The third-order valence-electron chi connectivity index (χ3n) is 1.22. The van der Waals surface area contributed by atoms with E-state index in [2.05, 4.69) is 4.98 Å². The van der Waals surface area contributed by atoms with Crippen molar-refractivity contribution in [3.05, 3.63) is 22.2 Å². The first-order valence-corrected chi connectivity index (χ1v) is 4.39. The van der Waals surface area contributed by atoms with Gasteiger partial charge in [-0.3, -0.25) is 0 Å². The van der Waals surface area contributed by atoms with Crippen LogP contribution in [0.25, 0.3) is 6.08 Å². The molecule has 0 aromatic carbocycles. The van der Waals surface area contributed by atoms with Crippen LogP contribution in [0.2, 0.25) is 0 Å². The van der Waals surface area contributed by atoms with Gasteiger partial charge in [0.2, 0.25) is 0 Å². The number of hydrogen-bond donors (Lipinski definition) is 0. The molecule has 0 fully saturated rings. The number of aromatic nitrogens is 1. The summed E-state index contributed by atoms with van der Waals surface area (Å²) in [5.74, 6) is -1.28. The van der Waals surface area contributed by atoms with Crippen LogP contribution in [0.15, 0.2) is 11.5 Å². The molecule has 0 saturated heterocycles. The van der Waals surface area contributed by atoms with E-state index in [1.165, 1.54) is 0 Å². The quantitative estimate of drug-likeness (QED) is 0.641. The van der Waals surface area contributed by atoms with Gasteiger partial charge in [0.05, 0.1) is 5.69 Å². The van der Waals surface area contributed by atoms with E-state index in [1.807, 2.05) is 0 Å². The van der Waals surface area contributed by atoms with Crippen molar-refractivity contribution in [3.63, 3.8) is 0 Å². The van der Waals surface area contributed by atoms with E-state index in [0.29, 0.717) is 12.1 Å². The molecular weight excluding hydrogens is 190 g/mol. The number of aldehydes is 1. The van der Waals surface area contributed by atoms with Crippen LogP contribution in [0, 0.1) is 0 Å². The van der Waals surface area contributed by atoms with Crippen molar-refractivity contribution in [1.29, 1.82) is 0 Å². The Bertz CT molecular complexity index is 343. The normalized spacial score (nSPS) is 10.5. The minimum absolute atomic E-state index is 0.0502. The third-order valence-corrected chi connectivity index (χ3v) is 2.06. The Morgan fingerprint density at radius 2 is 2.46 bits per heavy atom. The molecule has 5 heteroatoms. The lowest BCUT2D eigenvalue weighted by molar-refractivity contribution is -0.255. The van der Waals surface area contributed by atoms with Gasteiger partial charge in [0.15, 0.2) is 0 Å². The van der Waals surface area contributed by atoms with Crippen LogP contribution < -0.4 is 5.11 Å². The average molecular weight is 196 g/mol. The summed E-state index contributed by atoms with van der Waals surface area (Å²) < 4.78 is 0. The molecule has 13 heavy (non-hydrogen) atoms. The molecule has 0 amide bonds. The van der Waals surface area contributed by atoms with Crippen molar-refractivity contribution in [2.24, 2.45) is 0 Å². The molecule has 0 bridgehead atoms. The van der Waals surface area contributed by atoms with Crippen molar-refractivity contribution in [3.8, 4) is 0 Å². The van der Waals surface area contributed by atoms with Gasteiger partial charge in [0.1, 0.15) is 17.3 Å². The fraction of sp³-hybridized carbons (Fsp3) is 0.125. The number of allylic oxidation sites excluding steroid dienone is 1. The molecule has 0 unspecified atom stereocenters. The highest BCUT2D eigenvalue weighted by Crippen LogP contribution is 2.09. The highest BCUT2D eigenvalue weighted by Gasteiger charge is 1.98. The minimum atomic E-state index is -1.28. The van der Waals surface area contributed by atoms with E-state index in [0.717, 1.165) is 17.6 Å². The van der Waals surface area contributed by atoms with Crippen molar-refractivity contribution in [2.75, 3.05) is 0 Å². The highest BCUT2D eigenvalue weighted by atomic mass is 32.1. The molecule has 0 saturated carbocycles. The fourth-order valence-electron chi connectivity index (χ4n) is 0.701. The first-order chi connectivity index (χ1) is 6.24. The molecule has 1 heterocycles. The van der Waals surface area contributed by atoms with Gasteiger partial charge < -0.3 is 14.7 Å². The van der Waals surface area contributed by atoms with E-state index < -0.39 is 5.97 Å². The Balaban J connectivity index is 2.69. The predicted molar refractivity (Wildman–Crippen MR) is 46.2 cm³/mol. The second-order valence-corrected chi connectivity index (χ2v) is 3.03. The standard InChI is InChI=1S/C8H7NO3S/c10-4-2-1-3-6-5-13-7(9-6)8(11)12/h1,3-5H,2H2,(H,11,12)/p-1. The molecule has 68 valence electrons. The average Bonchev–Trinajstić information content (AvgIpc) is 2.53. The number of nitrogens with zero attached hydrogens (tertiary/aromatic N) is 1. The monoisotopic (exact) mass is 196 g/mol. The molecule has 1 aromatic heterocycles. The maximum atomic E-state index is 10.3. The molecule has 1 aromatic rings. The van der Waals surface area contributed by atoms with Gasteiger partial charge >= 0.3 is 0 Å². The zero-order chi connectivity index (χ0) is 9.68. The van der Waals surface area contributed by atoms with Crippen LogP contribution in [-0.2, 0) is 4.79 Å². The van der Waals surface area contributed by atoms with Gasteiger partial charge in [0.25, 0.3) is 0 Å². The van der Waals surface area contributed by atoms with Crippen molar-refractivity contribution >= 4 is 29.7 Å². The lowest BCUT2D eigenvalue weighted by Gasteiger charge is -1.91. The topological polar surface area (TPSA) is 70.1 Å². The molecule has 0 radical (unpaired) electrons. The third kappa shape index (κ3) is 2.79. The van der Waals surface area contributed by atoms with E-state index >= 15 is 0 Å². The smallest absolute Gasteiger partial charge is 0.139 e. The second-order valence-electron chi connectivity index (χ2n) is 2.17. The van der Waals surface area contributed by atoms with Gasteiger partial charge in [0, 0.05) is 11.8 Å². The number of thiazole rings is 1. The summed E-state index contributed by atoms with van der Waals surface area (Å²) in [5.41, 5.74) is 0.533. The summed E-state index contributed by atoms with van der Waals surface area (Å²) in [6, 6.07) is 0. The van der Waals surface area contributed by atoms with Crippen LogP contribution in [0.1, 0.15) is 21.9 Å².